The van der Waals surface area contributed by atoms with Crippen molar-refractivity contribution >= 4 is 5.97 Å². The molecule has 3 nitrogen and oxygen atoms in total. The Morgan fingerprint density at radius 3 is 2.88 bits per heavy atom. The van der Waals surface area contributed by atoms with E-state index in [-0.39, 0.29) is 18.7 Å². The van der Waals surface area contributed by atoms with E-state index in [2.05, 4.69) is 6.08 Å². The van der Waals surface area contributed by atoms with Crippen molar-refractivity contribution in [2.45, 2.75) is 33.2 Å². The van der Waals surface area contributed by atoms with Crippen molar-refractivity contribution in [3.05, 3.63) is 23.7 Å². The van der Waals surface area contributed by atoms with Crippen LogP contribution in [0.15, 0.2) is 23.7 Å². The Hall–Kier alpha value is -1.32. The summed E-state index contributed by atoms with van der Waals surface area (Å²) in [6, 6.07) is 0.310. The van der Waals surface area contributed by atoms with Crippen LogP contribution in [0.3, 0.4) is 0 Å². The maximum Gasteiger partial charge on any atom is 0.338 e. The van der Waals surface area contributed by atoms with E-state index in [0.29, 0.717) is 12.4 Å². The van der Waals surface area contributed by atoms with Gasteiger partial charge < -0.3 is 9.64 Å². The van der Waals surface area contributed by atoms with Gasteiger partial charge in [-0.3, -0.25) is 0 Å². The lowest BCUT2D eigenvalue weighted by Gasteiger charge is -2.26. The molecule has 0 bridgehead atoms. The zero-order valence-corrected chi connectivity index (χ0v) is 10.00. The molecule has 4 heteroatoms. The Morgan fingerprint density at radius 2 is 2.44 bits per heavy atom. The number of rotatable bonds is 4. The summed E-state index contributed by atoms with van der Waals surface area (Å²) in [5.74, 6) is -0.572. The molecule has 0 aromatic heterocycles. The fourth-order valence-electron chi connectivity index (χ4n) is 1.76. The van der Waals surface area contributed by atoms with Gasteiger partial charge in [-0.05, 0) is 27.2 Å². The second-order valence-electron chi connectivity index (χ2n) is 3.91. The number of hydrogen-bond donors (Lipinski definition) is 0. The third-order valence-electron chi connectivity index (χ3n) is 2.75. The minimum absolute atomic E-state index is 0.0725. The van der Waals surface area contributed by atoms with Crippen molar-refractivity contribution in [2.24, 2.45) is 0 Å². The number of ether oxygens (including phenoxy) is 1. The minimum Gasteiger partial charge on any atom is -0.463 e. The molecule has 90 valence electrons. The fourth-order valence-corrected chi connectivity index (χ4v) is 1.76. The summed E-state index contributed by atoms with van der Waals surface area (Å²) in [6.07, 6.45) is 3.37. The highest BCUT2D eigenvalue weighted by Crippen LogP contribution is 2.22. The van der Waals surface area contributed by atoms with Crippen molar-refractivity contribution in [1.29, 1.82) is 0 Å². The summed E-state index contributed by atoms with van der Waals surface area (Å²) in [4.78, 5) is 13.4. The molecule has 0 saturated carbocycles. The summed E-state index contributed by atoms with van der Waals surface area (Å²) in [7, 11) is 0. The van der Waals surface area contributed by atoms with Gasteiger partial charge in [0.25, 0.3) is 0 Å². The third kappa shape index (κ3) is 2.84. The molecule has 0 radical (unpaired) electrons. The predicted molar refractivity (Wildman–Crippen MR) is 60.4 cm³/mol. The van der Waals surface area contributed by atoms with E-state index in [0.717, 1.165) is 12.1 Å². The Morgan fingerprint density at radius 1 is 1.75 bits per heavy atom. The van der Waals surface area contributed by atoms with Crippen LogP contribution in [0.2, 0.25) is 0 Å². The zero-order valence-electron chi connectivity index (χ0n) is 10.00. The molecule has 16 heavy (non-hydrogen) atoms. The van der Waals surface area contributed by atoms with Gasteiger partial charge in [0, 0.05) is 11.7 Å². The Kier molecular flexibility index (Phi) is 4.52. The lowest BCUT2D eigenvalue weighted by atomic mass is 10.2. The van der Waals surface area contributed by atoms with Gasteiger partial charge in [0.15, 0.2) is 0 Å². The van der Waals surface area contributed by atoms with E-state index in [9.17, 15) is 9.18 Å². The second kappa shape index (κ2) is 5.68. The molecule has 1 aliphatic rings. The van der Waals surface area contributed by atoms with Gasteiger partial charge in [-0.1, -0.05) is 6.08 Å². The van der Waals surface area contributed by atoms with Crippen LogP contribution in [0.25, 0.3) is 0 Å². The SMILES string of the molecule is CCOC(=O)/C(=C/F)CN1C(C)=CCC1C. The quantitative estimate of drug-likeness (QED) is 0.545. The number of allylic oxidation sites excluding steroid dienone is 1. The van der Waals surface area contributed by atoms with Gasteiger partial charge in [-0.15, -0.1) is 0 Å². The van der Waals surface area contributed by atoms with E-state index in [1.165, 1.54) is 0 Å². The molecule has 0 fully saturated rings. The van der Waals surface area contributed by atoms with Crippen molar-refractivity contribution in [3.63, 3.8) is 0 Å². The molecule has 0 aromatic carbocycles. The Labute approximate surface area is 95.6 Å². The van der Waals surface area contributed by atoms with Crippen molar-refractivity contribution in [2.75, 3.05) is 13.2 Å². The molecule has 0 aromatic rings. The van der Waals surface area contributed by atoms with Crippen LogP contribution >= 0.6 is 0 Å². The first kappa shape index (κ1) is 12.7. The first-order valence-corrected chi connectivity index (χ1v) is 5.50. The smallest absolute Gasteiger partial charge is 0.338 e. The summed E-state index contributed by atoms with van der Waals surface area (Å²) >= 11 is 0. The standard InChI is InChI=1S/C12H18FNO2/c1-4-16-12(15)11(7-13)8-14-9(2)5-6-10(14)3/h5,7,10H,4,6,8H2,1-3H3/b11-7+. The molecular weight excluding hydrogens is 209 g/mol. The van der Waals surface area contributed by atoms with Gasteiger partial charge in [0.05, 0.1) is 25.1 Å². The second-order valence-corrected chi connectivity index (χ2v) is 3.91. The van der Waals surface area contributed by atoms with E-state index >= 15 is 0 Å². The van der Waals surface area contributed by atoms with Crippen molar-refractivity contribution < 1.29 is 13.9 Å². The van der Waals surface area contributed by atoms with Crippen LogP contribution < -0.4 is 0 Å². The largest absolute Gasteiger partial charge is 0.463 e. The molecule has 1 unspecified atom stereocenters. The fraction of sp³-hybridized carbons (Fsp3) is 0.583. The van der Waals surface area contributed by atoms with Crippen LogP contribution in [-0.4, -0.2) is 30.1 Å². The van der Waals surface area contributed by atoms with E-state index in [4.69, 9.17) is 4.74 Å². The van der Waals surface area contributed by atoms with E-state index < -0.39 is 5.97 Å². The predicted octanol–water partition coefficient (Wildman–Crippen LogP) is 2.40. The molecule has 1 heterocycles. The molecule has 0 amide bonds. The zero-order chi connectivity index (χ0) is 12.1. The lowest BCUT2D eigenvalue weighted by Crippen LogP contribution is -2.31. The summed E-state index contributed by atoms with van der Waals surface area (Å²) in [5, 5.41) is 0. The third-order valence-corrected chi connectivity index (χ3v) is 2.75. The van der Waals surface area contributed by atoms with Crippen LogP contribution in [0.4, 0.5) is 4.39 Å². The van der Waals surface area contributed by atoms with Gasteiger partial charge in [0.1, 0.15) is 0 Å². The monoisotopic (exact) mass is 227 g/mol. The molecular formula is C12H18FNO2. The van der Waals surface area contributed by atoms with Crippen LogP contribution in [0.1, 0.15) is 27.2 Å². The molecule has 0 saturated heterocycles. The van der Waals surface area contributed by atoms with Crippen LogP contribution in [-0.2, 0) is 9.53 Å². The summed E-state index contributed by atoms with van der Waals surface area (Å²) in [6.45, 7) is 6.26. The van der Waals surface area contributed by atoms with Gasteiger partial charge in [0.2, 0.25) is 0 Å². The van der Waals surface area contributed by atoms with Gasteiger partial charge >= 0.3 is 5.97 Å². The average Bonchev–Trinajstić information content (AvgIpc) is 2.56. The molecule has 1 atom stereocenters. The van der Waals surface area contributed by atoms with E-state index in [1.54, 1.807) is 6.92 Å². The van der Waals surface area contributed by atoms with Crippen molar-refractivity contribution in [1.82, 2.24) is 4.90 Å². The van der Waals surface area contributed by atoms with Gasteiger partial charge in [-0.2, -0.15) is 0 Å². The topological polar surface area (TPSA) is 29.5 Å². The first-order chi connectivity index (χ1) is 7.60. The maximum atomic E-state index is 12.6. The number of carbonyl (C=O) groups is 1. The number of esters is 1. The van der Waals surface area contributed by atoms with E-state index in [1.807, 2.05) is 18.7 Å². The van der Waals surface area contributed by atoms with Crippen LogP contribution in [0.5, 0.6) is 0 Å². The maximum absolute atomic E-state index is 12.6. The first-order valence-electron chi connectivity index (χ1n) is 5.50. The minimum atomic E-state index is -0.572. The highest BCUT2D eigenvalue weighted by molar-refractivity contribution is 5.88. The highest BCUT2D eigenvalue weighted by atomic mass is 19.1. The molecule has 0 N–H and O–H groups in total. The average molecular weight is 227 g/mol. The number of hydrogen-bond acceptors (Lipinski definition) is 3. The number of nitrogens with zero attached hydrogens (tertiary/aromatic N) is 1. The molecule has 1 aliphatic heterocycles. The Bertz CT molecular complexity index is 323. The highest BCUT2D eigenvalue weighted by Gasteiger charge is 2.23. The number of halogens is 1. The van der Waals surface area contributed by atoms with Crippen molar-refractivity contribution in [3.8, 4) is 0 Å². The molecule has 0 spiro atoms. The summed E-state index contributed by atoms with van der Waals surface area (Å²) < 4.78 is 17.4. The van der Waals surface area contributed by atoms with Gasteiger partial charge in [-0.25, -0.2) is 9.18 Å². The normalized spacial score (nSPS) is 21.0. The Balaban J connectivity index is 2.64. The number of carbonyl (C=O) groups excluding carboxylic acids is 1. The lowest BCUT2D eigenvalue weighted by molar-refractivity contribution is -0.138. The molecule has 1 rings (SSSR count). The molecule has 0 aliphatic carbocycles. The van der Waals surface area contributed by atoms with Crippen LogP contribution in [0, 0.1) is 0 Å². The summed E-state index contributed by atoms with van der Waals surface area (Å²) in [5.41, 5.74) is 1.15.